The quantitative estimate of drug-likeness (QED) is 0.765. The number of hydrogen-bond acceptors (Lipinski definition) is 3. The van der Waals surface area contributed by atoms with Crippen LogP contribution in [0.3, 0.4) is 0 Å². The molecule has 2 rings (SSSR count). The van der Waals surface area contributed by atoms with E-state index in [0.717, 1.165) is 19.7 Å². The molecular formula is C12H24N2O. The largest absolute Gasteiger partial charge is 0.377 e. The number of rotatable bonds is 4. The smallest absolute Gasteiger partial charge is 0.0702 e. The van der Waals surface area contributed by atoms with E-state index in [1.165, 1.54) is 32.1 Å². The van der Waals surface area contributed by atoms with Crippen LogP contribution in [0, 0.1) is 0 Å². The normalized spacial score (nSPS) is 36.6. The second-order valence-electron chi connectivity index (χ2n) is 4.95. The Hall–Kier alpha value is -0.120. The molecule has 1 aliphatic carbocycles. The zero-order valence-electron chi connectivity index (χ0n) is 9.82. The fraction of sp³-hybridized carbons (Fsp3) is 1.00. The van der Waals surface area contributed by atoms with Crippen molar-refractivity contribution in [1.82, 2.24) is 4.90 Å². The number of likely N-dealkylation sites (N-methyl/N-ethyl adjacent to an activating group) is 1. The molecule has 3 unspecified atom stereocenters. The lowest BCUT2D eigenvalue weighted by atomic mass is 10.1. The van der Waals surface area contributed by atoms with Gasteiger partial charge in [0.05, 0.1) is 6.10 Å². The van der Waals surface area contributed by atoms with Gasteiger partial charge in [-0.05, 0) is 38.6 Å². The van der Waals surface area contributed by atoms with Crippen LogP contribution in [0.4, 0.5) is 0 Å². The van der Waals surface area contributed by atoms with Crippen LogP contribution in [-0.4, -0.2) is 42.8 Å². The van der Waals surface area contributed by atoms with Gasteiger partial charge in [-0.15, -0.1) is 0 Å². The van der Waals surface area contributed by atoms with Crippen LogP contribution in [0.5, 0.6) is 0 Å². The number of nitrogens with zero attached hydrogens (tertiary/aromatic N) is 1. The van der Waals surface area contributed by atoms with Gasteiger partial charge in [0.2, 0.25) is 0 Å². The summed E-state index contributed by atoms with van der Waals surface area (Å²) >= 11 is 0. The molecule has 15 heavy (non-hydrogen) atoms. The standard InChI is InChI=1S/C12H24N2O/c1-2-14(9-12-4-3-7-15-12)11-6-5-10(13)8-11/h10-12H,2-9,13H2,1H3. The van der Waals surface area contributed by atoms with Crippen LogP contribution in [0.15, 0.2) is 0 Å². The maximum absolute atomic E-state index is 5.97. The van der Waals surface area contributed by atoms with Crippen molar-refractivity contribution >= 4 is 0 Å². The maximum atomic E-state index is 5.97. The molecule has 3 heteroatoms. The molecule has 1 saturated heterocycles. The van der Waals surface area contributed by atoms with Crippen molar-refractivity contribution in [2.24, 2.45) is 5.73 Å². The van der Waals surface area contributed by atoms with E-state index in [0.29, 0.717) is 18.2 Å². The molecule has 1 heterocycles. The zero-order chi connectivity index (χ0) is 10.7. The first-order chi connectivity index (χ1) is 7.29. The molecule has 3 nitrogen and oxygen atoms in total. The highest BCUT2D eigenvalue weighted by atomic mass is 16.5. The van der Waals surface area contributed by atoms with Crippen molar-refractivity contribution < 1.29 is 4.74 Å². The fourth-order valence-electron chi connectivity index (χ4n) is 2.91. The lowest BCUT2D eigenvalue weighted by molar-refractivity contribution is 0.0598. The van der Waals surface area contributed by atoms with Crippen LogP contribution in [0.25, 0.3) is 0 Å². The van der Waals surface area contributed by atoms with Crippen LogP contribution >= 0.6 is 0 Å². The molecule has 2 fully saturated rings. The Labute approximate surface area is 93.0 Å². The van der Waals surface area contributed by atoms with E-state index in [4.69, 9.17) is 10.5 Å². The third kappa shape index (κ3) is 2.92. The minimum Gasteiger partial charge on any atom is -0.377 e. The minimum atomic E-state index is 0.438. The molecule has 1 saturated carbocycles. The van der Waals surface area contributed by atoms with Crippen molar-refractivity contribution in [3.63, 3.8) is 0 Å². The maximum Gasteiger partial charge on any atom is 0.0702 e. The topological polar surface area (TPSA) is 38.5 Å². The Morgan fingerprint density at radius 1 is 1.33 bits per heavy atom. The molecule has 0 aromatic carbocycles. The molecule has 0 bridgehead atoms. The number of hydrogen-bond donors (Lipinski definition) is 1. The first kappa shape index (κ1) is 11.4. The average Bonchev–Trinajstić information content (AvgIpc) is 2.85. The summed E-state index contributed by atoms with van der Waals surface area (Å²) in [5.74, 6) is 0. The van der Waals surface area contributed by atoms with Gasteiger partial charge >= 0.3 is 0 Å². The predicted octanol–water partition coefficient (Wildman–Crippen LogP) is 1.37. The van der Waals surface area contributed by atoms with Crippen molar-refractivity contribution in [3.05, 3.63) is 0 Å². The van der Waals surface area contributed by atoms with Gasteiger partial charge in [0, 0.05) is 25.2 Å². The average molecular weight is 212 g/mol. The van der Waals surface area contributed by atoms with E-state index in [-0.39, 0.29) is 0 Å². The second-order valence-corrected chi connectivity index (χ2v) is 4.95. The first-order valence-electron chi connectivity index (χ1n) is 6.40. The lowest BCUT2D eigenvalue weighted by Crippen LogP contribution is -2.39. The van der Waals surface area contributed by atoms with Crippen molar-refractivity contribution in [2.75, 3.05) is 19.7 Å². The van der Waals surface area contributed by atoms with Crippen LogP contribution < -0.4 is 5.73 Å². The number of nitrogens with two attached hydrogens (primary N) is 1. The molecule has 0 aromatic rings. The zero-order valence-corrected chi connectivity index (χ0v) is 9.82. The van der Waals surface area contributed by atoms with Gasteiger partial charge < -0.3 is 10.5 Å². The summed E-state index contributed by atoms with van der Waals surface area (Å²) in [7, 11) is 0. The molecular weight excluding hydrogens is 188 g/mol. The number of ether oxygens (including phenoxy) is 1. The van der Waals surface area contributed by atoms with Crippen LogP contribution in [0.2, 0.25) is 0 Å². The Kier molecular flexibility index (Phi) is 4.00. The second kappa shape index (κ2) is 5.28. The van der Waals surface area contributed by atoms with E-state index in [2.05, 4.69) is 11.8 Å². The Balaban J connectivity index is 1.80. The molecule has 0 radical (unpaired) electrons. The molecule has 88 valence electrons. The van der Waals surface area contributed by atoms with Crippen molar-refractivity contribution in [2.45, 2.75) is 57.2 Å². The van der Waals surface area contributed by atoms with E-state index in [1.54, 1.807) is 0 Å². The van der Waals surface area contributed by atoms with Gasteiger partial charge in [0.25, 0.3) is 0 Å². The van der Waals surface area contributed by atoms with E-state index in [9.17, 15) is 0 Å². The van der Waals surface area contributed by atoms with Gasteiger partial charge in [0.15, 0.2) is 0 Å². The molecule has 0 amide bonds. The predicted molar refractivity (Wildman–Crippen MR) is 61.8 cm³/mol. The third-order valence-corrected chi connectivity index (χ3v) is 3.83. The van der Waals surface area contributed by atoms with Crippen molar-refractivity contribution in [3.8, 4) is 0 Å². The Morgan fingerprint density at radius 2 is 2.20 bits per heavy atom. The van der Waals surface area contributed by atoms with Gasteiger partial charge in [-0.3, -0.25) is 4.90 Å². The van der Waals surface area contributed by atoms with Crippen LogP contribution in [-0.2, 0) is 4.74 Å². The third-order valence-electron chi connectivity index (χ3n) is 3.83. The van der Waals surface area contributed by atoms with Gasteiger partial charge in [0.1, 0.15) is 0 Å². The minimum absolute atomic E-state index is 0.438. The molecule has 1 aliphatic heterocycles. The first-order valence-corrected chi connectivity index (χ1v) is 6.40. The highest BCUT2D eigenvalue weighted by Gasteiger charge is 2.28. The summed E-state index contributed by atoms with van der Waals surface area (Å²) in [4.78, 5) is 2.57. The van der Waals surface area contributed by atoms with E-state index < -0.39 is 0 Å². The summed E-state index contributed by atoms with van der Waals surface area (Å²) in [5, 5.41) is 0. The molecule has 3 atom stereocenters. The summed E-state index contributed by atoms with van der Waals surface area (Å²) in [6.07, 6.45) is 6.64. The SMILES string of the molecule is CCN(CC1CCCO1)C1CCC(N)C1. The molecule has 2 aliphatic rings. The lowest BCUT2D eigenvalue weighted by Gasteiger charge is -2.29. The molecule has 0 spiro atoms. The monoisotopic (exact) mass is 212 g/mol. The Morgan fingerprint density at radius 3 is 2.73 bits per heavy atom. The Bertz CT molecular complexity index is 192. The highest BCUT2D eigenvalue weighted by Crippen LogP contribution is 2.24. The van der Waals surface area contributed by atoms with Crippen LogP contribution in [0.1, 0.15) is 39.0 Å². The summed E-state index contributed by atoms with van der Waals surface area (Å²) in [6.45, 7) is 5.47. The fourth-order valence-corrected chi connectivity index (χ4v) is 2.91. The summed E-state index contributed by atoms with van der Waals surface area (Å²) < 4.78 is 5.70. The van der Waals surface area contributed by atoms with Gasteiger partial charge in [-0.2, -0.15) is 0 Å². The molecule has 0 aromatic heterocycles. The van der Waals surface area contributed by atoms with Crippen molar-refractivity contribution in [1.29, 1.82) is 0 Å². The van der Waals surface area contributed by atoms with Gasteiger partial charge in [-0.25, -0.2) is 0 Å². The van der Waals surface area contributed by atoms with E-state index >= 15 is 0 Å². The van der Waals surface area contributed by atoms with Gasteiger partial charge in [-0.1, -0.05) is 6.92 Å². The summed E-state index contributed by atoms with van der Waals surface area (Å²) in [5.41, 5.74) is 5.97. The summed E-state index contributed by atoms with van der Waals surface area (Å²) in [6, 6.07) is 1.16. The highest BCUT2D eigenvalue weighted by molar-refractivity contribution is 4.86. The molecule has 2 N–H and O–H groups in total. The van der Waals surface area contributed by atoms with E-state index in [1.807, 2.05) is 0 Å².